The standard InChI is InChI=1S/C27H31FNO5P/c1-5-34-24(31)16-23(30)27(35(32)33-4)25-21(18-11-13-20(28)14-12-18)15-22(29-26(25)17(2)3)19-9-7-6-8-10-19/h6-15,17,23,27,30,35H,5,16H2,1-4H3. The van der Waals surface area contributed by atoms with E-state index in [2.05, 4.69) is 0 Å². The molecule has 0 saturated carbocycles. The predicted molar refractivity (Wildman–Crippen MR) is 135 cm³/mol. The summed E-state index contributed by atoms with van der Waals surface area (Å²) in [6.07, 6.45) is -1.68. The van der Waals surface area contributed by atoms with E-state index in [9.17, 15) is 18.9 Å². The Kier molecular flexibility index (Phi) is 9.33. The molecule has 8 heteroatoms. The smallest absolute Gasteiger partial charge is 0.308 e. The number of esters is 1. The average molecular weight is 500 g/mol. The first kappa shape index (κ1) is 26.7. The maximum absolute atomic E-state index is 13.8. The molecule has 2 aromatic carbocycles. The molecule has 1 heterocycles. The third kappa shape index (κ3) is 6.43. The minimum atomic E-state index is -2.87. The van der Waals surface area contributed by atoms with Gasteiger partial charge in [0.2, 0.25) is 8.03 Å². The second-order valence-electron chi connectivity index (χ2n) is 8.46. The van der Waals surface area contributed by atoms with Crippen LogP contribution in [-0.4, -0.2) is 35.9 Å². The highest BCUT2D eigenvalue weighted by Crippen LogP contribution is 2.50. The van der Waals surface area contributed by atoms with Gasteiger partial charge in [-0.25, -0.2) is 4.39 Å². The highest BCUT2D eigenvalue weighted by atomic mass is 31.1. The Morgan fingerprint density at radius 1 is 1.09 bits per heavy atom. The van der Waals surface area contributed by atoms with Crippen LogP contribution in [0.25, 0.3) is 22.4 Å². The van der Waals surface area contributed by atoms with Crippen molar-refractivity contribution in [2.24, 2.45) is 0 Å². The van der Waals surface area contributed by atoms with Crippen LogP contribution in [0.4, 0.5) is 4.39 Å². The monoisotopic (exact) mass is 499 g/mol. The zero-order valence-corrected chi connectivity index (χ0v) is 21.3. The topological polar surface area (TPSA) is 85.7 Å². The van der Waals surface area contributed by atoms with Crippen LogP contribution in [0.5, 0.6) is 0 Å². The minimum Gasteiger partial charge on any atom is -0.466 e. The fraction of sp³-hybridized carbons (Fsp3) is 0.333. The van der Waals surface area contributed by atoms with Crippen molar-refractivity contribution in [3.8, 4) is 22.4 Å². The van der Waals surface area contributed by atoms with Gasteiger partial charge in [-0.05, 0) is 47.7 Å². The second-order valence-corrected chi connectivity index (χ2v) is 10.1. The Hall–Kier alpha value is -2.86. The summed E-state index contributed by atoms with van der Waals surface area (Å²) in [5, 5.41) is 11.1. The van der Waals surface area contributed by atoms with Gasteiger partial charge in [0.05, 0.1) is 30.5 Å². The normalized spacial score (nSPS) is 13.9. The molecule has 0 aliphatic rings. The molecule has 0 fully saturated rings. The van der Waals surface area contributed by atoms with Crippen molar-refractivity contribution < 1.29 is 28.1 Å². The lowest BCUT2D eigenvalue weighted by Crippen LogP contribution is -2.24. The van der Waals surface area contributed by atoms with Gasteiger partial charge in [0.1, 0.15) is 5.82 Å². The van der Waals surface area contributed by atoms with Crippen molar-refractivity contribution in [2.75, 3.05) is 13.7 Å². The fourth-order valence-electron chi connectivity index (χ4n) is 4.07. The number of aliphatic hydroxyl groups is 1. The maximum Gasteiger partial charge on any atom is 0.308 e. The highest BCUT2D eigenvalue weighted by Gasteiger charge is 2.35. The van der Waals surface area contributed by atoms with Gasteiger partial charge < -0.3 is 14.4 Å². The first-order valence-corrected chi connectivity index (χ1v) is 12.9. The van der Waals surface area contributed by atoms with Crippen LogP contribution < -0.4 is 0 Å². The van der Waals surface area contributed by atoms with Crippen LogP contribution in [0.1, 0.15) is 50.0 Å². The molecule has 0 aliphatic carbocycles. The summed E-state index contributed by atoms with van der Waals surface area (Å²) in [7, 11) is -1.56. The van der Waals surface area contributed by atoms with Gasteiger partial charge in [-0.1, -0.05) is 56.3 Å². The summed E-state index contributed by atoms with van der Waals surface area (Å²) in [6, 6.07) is 17.4. The van der Waals surface area contributed by atoms with Crippen molar-refractivity contribution in [2.45, 2.75) is 44.9 Å². The molecule has 0 spiro atoms. The molecular weight excluding hydrogens is 468 g/mol. The number of aromatic nitrogens is 1. The molecule has 3 unspecified atom stereocenters. The Bertz CT molecular complexity index is 1170. The van der Waals surface area contributed by atoms with Crippen LogP contribution in [0.2, 0.25) is 0 Å². The molecule has 186 valence electrons. The average Bonchev–Trinajstić information content (AvgIpc) is 2.85. The largest absolute Gasteiger partial charge is 0.466 e. The lowest BCUT2D eigenvalue weighted by molar-refractivity contribution is -0.145. The fourth-order valence-corrected chi connectivity index (χ4v) is 5.29. The summed E-state index contributed by atoms with van der Waals surface area (Å²) < 4.78 is 37.2. The molecule has 35 heavy (non-hydrogen) atoms. The van der Waals surface area contributed by atoms with E-state index in [4.69, 9.17) is 14.2 Å². The summed E-state index contributed by atoms with van der Waals surface area (Å²) in [4.78, 5) is 17.1. The van der Waals surface area contributed by atoms with E-state index >= 15 is 0 Å². The van der Waals surface area contributed by atoms with Crippen molar-refractivity contribution in [3.63, 3.8) is 0 Å². The summed E-state index contributed by atoms with van der Waals surface area (Å²) in [5.74, 6) is -1.10. The minimum absolute atomic E-state index is 0.114. The third-order valence-electron chi connectivity index (χ3n) is 5.69. The molecule has 3 rings (SSSR count). The highest BCUT2D eigenvalue weighted by molar-refractivity contribution is 7.39. The lowest BCUT2D eigenvalue weighted by Gasteiger charge is -2.28. The third-order valence-corrected chi connectivity index (χ3v) is 7.28. The summed E-state index contributed by atoms with van der Waals surface area (Å²) in [6.45, 7) is 5.75. The molecule has 0 saturated heterocycles. The number of pyridine rings is 1. The van der Waals surface area contributed by atoms with Crippen LogP contribution in [0.15, 0.2) is 60.7 Å². The predicted octanol–water partition coefficient (Wildman–Crippen LogP) is 6.15. The van der Waals surface area contributed by atoms with Crippen molar-refractivity contribution >= 4 is 14.0 Å². The van der Waals surface area contributed by atoms with E-state index in [1.54, 1.807) is 19.1 Å². The first-order chi connectivity index (χ1) is 16.8. The van der Waals surface area contributed by atoms with Gasteiger partial charge >= 0.3 is 5.97 Å². The summed E-state index contributed by atoms with van der Waals surface area (Å²) >= 11 is 0. The van der Waals surface area contributed by atoms with Gasteiger partial charge in [0.15, 0.2) is 0 Å². The number of benzene rings is 2. The Labute approximate surface area is 206 Å². The van der Waals surface area contributed by atoms with Gasteiger partial charge in [-0.2, -0.15) is 0 Å². The van der Waals surface area contributed by atoms with Crippen molar-refractivity contribution in [1.29, 1.82) is 0 Å². The SMILES string of the molecule is CCOC(=O)CC(O)C(c1c(-c2ccc(F)cc2)cc(-c2ccccc2)nc1C(C)C)[PH](=O)OC. The number of aliphatic hydroxyl groups excluding tert-OH is 1. The van der Waals surface area contributed by atoms with E-state index in [-0.39, 0.29) is 24.8 Å². The number of ether oxygens (including phenoxy) is 1. The number of carbonyl (C=O) groups excluding carboxylic acids is 1. The molecular formula is C27H31FNO5P. The maximum atomic E-state index is 13.8. The number of rotatable bonds is 10. The molecule has 1 N–H and O–H groups in total. The van der Waals surface area contributed by atoms with E-state index in [0.717, 1.165) is 5.56 Å². The number of carbonyl (C=O) groups is 1. The molecule has 3 atom stereocenters. The zero-order valence-electron chi connectivity index (χ0n) is 20.3. The molecule has 0 amide bonds. The summed E-state index contributed by atoms with van der Waals surface area (Å²) in [5.41, 5.74) is 3.00. The van der Waals surface area contributed by atoms with Crippen LogP contribution >= 0.6 is 8.03 Å². The molecule has 3 aromatic rings. The Morgan fingerprint density at radius 2 is 1.74 bits per heavy atom. The lowest BCUT2D eigenvalue weighted by atomic mass is 9.88. The van der Waals surface area contributed by atoms with Crippen molar-refractivity contribution in [3.05, 3.63) is 77.7 Å². The van der Waals surface area contributed by atoms with Crippen LogP contribution in [0, 0.1) is 5.82 Å². The molecule has 0 radical (unpaired) electrons. The number of halogens is 1. The molecule has 0 bridgehead atoms. The van der Waals surface area contributed by atoms with E-state index < -0.39 is 25.8 Å². The van der Waals surface area contributed by atoms with Gasteiger partial charge in [-0.3, -0.25) is 14.3 Å². The first-order valence-electron chi connectivity index (χ1n) is 11.5. The second kappa shape index (κ2) is 12.2. The van der Waals surface area contributed by atoms with E-state index in [0.29, 0.717) is 28.1 Å². The Morgan fingerprint density at radius 3 is 2.31 bits per heavy atom. The quantitative estimate of drug-likeness (QED) is 0.266. The van der Waals surface area contributed by atoms with E-state index in [1.807, 2.05) is 50.2 Å². The van der Waals surface area contributed by atoms with E-state index in [1.165, 1.54) is 19.2 Å². The zero-order chi connectivity index (χ0) is 25.5. The number of nitrogens with zero attached hydrogens (tertiary/aromatic N) is 1. The van der Waals surface area contributed by atoms with Crippen LogP contribution in [0.3, 0.4) is 0 Å². The number of hydrogen-bond donors (Lipinski definition) is 1. The van der Waals surface area contributed by atoms with Crippen molar-refractivity contribution in [1.82, 2.24) is 4.98 Å². The van der Waals surface area contributed by atoms with Gasteiger partial charge in [-0.15, -0.1) is 0 Å². The number of hydrogen-bond acceptors (Lipinski definition) is 6. The molecule has 1 aromatic heterocycles. The Balaban J connectivity index is 2.31. The van der Waals surface area contributed by atoms with Crippen LogP contribution in [-0.2, 0) is 18.6 Å². The molecule has 0 aliphatic heterocycles. The van der Waals surface area contributed by atoms with Gasteiger partial charge in [0.25, 0.3) is 0 Å². The van der Waals surface area contributed by atoms with Gasteiger partial charge in [0, 0.05) is 18.4 Å². The molecule has 6 nitrogen and oxygen atoms in total.